The van der Waals surface area contributed by atoms with Crippen LogP contribution in [0.5, 0.6) is 0 Å². The minimum Gasteiger partial charge on any atom is -0.245 e. The molecule has 11 heavy (non-hydrogen) atoms. The maximum atomic E-state index is 10.9. The van der Waals surface area contributed by atoms with E-state index in [0.717, 1.165) is 0 Å². The zero-order chi connectivity index (χ0) is 8.48. The van der Waals surface area contributed by atoms with Crippen LogP contribution in [0.15, 0.2) is 4.79 Å². The number of hydrogen-bond acceptors (Lipinski definition) is 3. The lowest BCUT2D eigenvalue weighted by atomic mass is 9.97. The Kier molecular flexibility index (Phi) is 1.80. The normalized spacial score (nSPS) is 11.9. The molecule has 0 bridgehead atoms. The van der Waals surface area contributed by atoms with E-state index in [-0.39, 0.29) is 11.1 Å². The number of aromatic amines is 1. The van der Waals surface area contributed by atoms with Crippen LogP contribution in [0.4, 0.5) is 0 Å². The fourth-order valence-electron chi connectivity index (χ4n) is 0.770. The molecule has 0 fully saturated rings. The van der Waals surface area contributed by atoms with Gasteiger partial charge in [0.1, 0.15) is 0 Å². The van der Waals surface area contributed by atoms with Crippen LogP contribution in [0.1, 0.15) is 20.8 Å². The summed E-state index contributed by atoms with van der Waals surface area (Å²) in [7, 11) is 0. The molecule has 0 aromatic carbocycles. The molecule has 1 heterocycles. The van der Waals surface area contributed by atoms with E-state index in [4.69, 9.17) is 0 Å². The molecular formula is C6H12N4O. The number of tetrazole rings is 1. The van der Waals surface area contributed by atoms with Crippen LogP contribution in [-0.2, 0) is 6.54 Å². The maximum absolute atomic E-state index is 10.9. The summed E-state index contributed by atoms with van der Waals surface area (Å²) in [5.74, 6) is 0. The van der Waals surface area contributed by atoms with Crippen molar-refractivity contribution in [2.24, 2.45) is 5.41 Å². The van der Waals surface area contributed by atoms with Gasteiger partial charge in [-0.1, -0.05) is 20.8 Å². The Morgan fingerprint density at radius 1 is 1.55 bits per heavy atom. The molecule has 1 aromatic rings. The molecule has 5 nitrogen and oxygen atoms in total. The van der Waals surface area contributed by atoms with E-state index in [0.29, 0.717) is 6.54 Å². The van der Waals surface area contributed by atoms with Crippen molar-refractivity contribution >= 4 is 0 Å². The van der Waals surface area contributed by atoms with Crippen LogP contribution >= 0.6 is 0 Å². The van der Waals surface area contributed by atoms with Crippen molar-refractivity contribution in [3.8, 4) is 0 Å². The van der Waals surface area contributed by atoms with Crippen molar-refractivity contribution in [1.29, 1.82) is 0 Å². The molecule has 1 aromatic heterocycles. The van der Waals surface area contributed by atoms with Crippen LogP contribution in [-0.4, -0.2) is 20.2 Å². The Morgan fingerprint density at radius 3 is 2.55 bits per heavy atom. The molecule has 0 unspecified atom stereocenters. The Labute approximate surface area is 64.4 Å². The summed E-state index contributed by atoms with van der Waals surface area (Å²) < 4.78 is 1.32. The highest BCUT2D eigenvalue weighted by molar-refractivity contribution is 4.62. The molecule has 0 saturated heterocycles. The van der Waals surface area contributed by atoms with Crippen molar-refractivity contribution in [2.45, 2.75) is 27.3 Å². The van der Waals surface area contributed by atoms with E-state index in [1.807, 2.05) is 20.8 Å². The Balaban J connectivity index is 2.80. The van der Waals surface area contributed by atoms with Crippen molar-refractivity contribution in [3.63, 3.8) is 0 Å². The van der Waals surface area contributed by atoms with E-state index in [2.05, 4.69) is 15.5 Å². The molecule has 0 atom stereocenters. The quantitative estimate of drug-likeness (QED) is 0.623. The van der Waals surface area contributed by atoms with Gasteiger partial charge in [-0.25, -0.2) is 9.89 Å². The predicted molar refractivity (Wildman–Crippen MR) is 40.1 cm³/mol. The van der Waals surface area contributed by atoms with Gasteiger partial charge in [0.25, 0.3) is 0 Å². The molecular weight excluding hydrogens is 144 g/mol. The summed E-state index contributed by atoms with van der Waals surface area (Å²) >= 11 is 0. The monoisotopic (exact) mass is 156 g/mol. The van der Waals surface area contributed by atoms with E-state index in [1.54, 1.807) is 0 Å². The van der Waals surface area contributed by atoms with Crippen molar-refractivity contribution in [3.05, 3.63) is 10.5 Å². The first kappa shape index (κ1) is 7.97. The standard InChI is InChI=1S/C6H12N4O/c1-6(2,3)4-10-5(11)7-8-9-10/h4H2,1-3H3,(H,7,9,11). The summed E-state index contributed by atoms with van der Waals surface area (Å²) in [6, 6.07) is 0. The molecule has 0 radical (unpaired) electrons. The van der Waals surface area contributed by atoms with E-state index < -0.39 is 0 Å². The largest absolute Gasteiger partial charge is 0.361 e. The summed E-state index contributed by atoms with van der Waals surface area (Å²) in [6.45, 7) is 6.69. The number of nitrogens with zero attached hydrogens (tertiary/aromatic N) is 3. The molecule has 1 N–H and O–H groups in total. The van der Waals surface area contributed by atoms with E-state index >= 15 is 0 Å². The lowest BCUT2D eigenvalue weighted by molar-refractivity contribution is 0.316. The Bertz CT molecular complexity index is 279. The average Bonchev–Trinajstić information content (AvgIpc) is 2.12. The van der Waals surface area contributed by atoms with Crippen molar-refractivity contribution in [2.75, 3.05) is 0 Å². The van der Waals surface area contributed by atoms with Crippen LogP contribution in [0.25, 0.3) is 0 Å². The average molecular weight is 156 g/mol. The third-order valence-corrected chi connectivity index (χ3v) is 1.16. The van der Waals surface area contributed by atoms with E-state index in [1.165, 1.54) is 4.68 Å². The number of aromatic nitrogens is 4. The first-order valence-corrected chi connectivity index (χ1v) is 3.47. The van der Waals surface area contributed by atoms with Gasteiger partial charge < -0.3 is 0 Å². The molecule has 0 spiro atoms. The number of H-pyrrole nitrogens is 1. The van der Waals surface area contributed by atoms with Gasteiger partial charge in [0, 0.05) is 0 Å². The highest BCUT2D eigenvalue weighted by Crippen LogP contribution is 2.13. The predicted octanol–water partition coefficient (Wildman–Crippen LogP) is 0.0125. The Morgan fingerprint density at radius 2 is 2.18 bits per heavy atom. The second-order valence-electron chi connectivity index (χ2n) is 3.72. The van der Waals surface area contributed by atoms with Gasteiger partial charge in [-0.15, -0.1) is 0 Å². The maximum Gasteiger partial charge on any atom is 0.361 e. The van der Waals surface area contributed by atoms with Crippen molar-refractivity contribution < 1.29 is 0 Å². The summed E-state index contributed by atoms with van der Waals surface area (Å²) in [5, 5.41) is 9.22. The minimum absolute atomic E-state index is 0.0562. The summed E-state index contributed by atoms with van der Waals surface area (Å²) in [6.07, 6.45) is 0. The zero-order valence-electron chi connectivity index (χ0n) is 6.96. The molecule has 0 aliphatic rings. The number of hydrogen-bond donors (Lipinski definition) is 1. The van der Waals surface area contributed by atoms with Crippen LogP contribution < -0.4 is 5.69 Å². The van der Waals surface area contributed by atoms with Crippen LogP contribution in [0.3, 0.4) is 0 Å². The highest BCUT2D eigenvalue weighted by atomic mass is 16.2. The van der Waals surface area contributed by atoms with Crippen LogP contribution in [0, 0.1) is 5.41 Å². The minimum atomic E-state index is -0.250. The smallest absolute Gasteiger partial charge is 0.245 e. The van der Waals surface area contributed by atoms with Gasteiger partial charge in [0.15, 0.2) is 0 Å². The summed E-state index contributed by atoms with van der Waals surface area (Å²) in [5.41, 5.74) is -0.194. The van der Waals surface area contributed by atoms with Gasteiger partial charge >= 0.3 is 5.69 Å². The lowest BCUT2D eigenvalue weighted by Gasteiger charge is -2.15. The fraction of sp³-hybridized carbons (Fsp3) is 0.833. The van der Waals surface area contributed by atoms with Crippen molar-refractivity contribution in [1.82, 2.24) is 20.2 Å². The molecule has 62 valence electrons. The molecule has 0 saturated carbocycles. The summed E-state index contributed by atoms with van der Waals surface area (Å²) in [4.78, 5) is 10.9. The fourth-order valence-corrected chi connectivity index (χ4v) is 0.770. The van der Waals surface area contributed by atoms with Crippen LogP contribution in [0.2, 0.25) is 0 Å². The topological polar surface area (TPSA) is 63.6 Å². The molecule has 5 heteroatoms. The third-order valence-electron chi connectivity index (χ3n) is 1.16. The van der Waals surface area contributed by atoms with Gasteiger partial charge in [0.05, 0.1) is 6.54 Å². The number of rotatable bonds is 1. The molecule has 0 aliphatic heterocycles. The Hall–Kier alpha value is -1.13. The first-order chi connectivity index (χ1) is 4.99. The molecule has 0 amide bonds. The molecule has 1 rings (SSSR count). The second-order valence-corrected chi connectivity index (χ2v) is 3.72. The van der Waals surface area contributed by atoms with E-state index in [9.17, 15) is 4.79 Å². The van der Waals surface area contributed by atoms with Gasteiger partial charge in [-0.2, -0.15) is 4.68 Å². The lowest BCUT2D eigenvalue weighted by Crippen LogP contribution is -2.25. The number of nitrogens with one attached hydrogen (secondary N) is 1. The first-order valence-electron chi connectivity index (χ1n) is 3.47. The second kappa shape index (κ2) is 2.48. The zero-order valence-corrected chi connectivity index (χ0v) is 6.96. The third kappa shape index (κ3) is 2.18. The van der Waals surface area contributed by atoms with Gasteiger partial charge in [-0.05, 0) is 15.8 Å². The van der Waals surface area contributed by atoms with Gasteiger partial charge in [0.2, 0.25) is 0 Å². The highest BCUT2D eigenvalue weighted by Gasteiger charge is 2.13. The SMILES string of the molecule is CC(C)(C)Cn1nn[nH]c1=O. The molecule has 0 aliphatic carbocycles. The van der Waals surface area contributed by atoms with Gasteiger partial charge in [-0.3, -0.25) is 0 Å².